The summed E-state index contributed by atoms with van der Waals surface area (Å²) in [7, 11) is 0. The normalized spacial score (nSPS) is 26.9. The molecule has 0 aromatic heterocycles. The number of rotatable bonds is 3. The molecular weight excluding hydrogens is 240 g/mol. The van der Waals surface area contributed by atoms with Gasteiger partial charge in [0, 0.05) is 5.54 Å². The second kappa shape index (κ2) is 4.80. The van der Waals surface area contributed by atoms with Crippen molar-refractivity contribution in [1.29, 1.82) is 0 Å². The van der Waals surface area contributed by atoms with Crippen LogP contribution >= 0.6 is 0 Å². The Balaban J connectivity index is 2.39. The zero-order valence-electron chi connectivity index (χ0n) is 12.6. The van der Waals surface area contributed by atoms with Crippen LogP contribution in [0.2, 0.25) is 0 Å². The summed E-state index contributed by atoms with van der Waals surface area (Å²) in [6.07, 6.45) is 5.41. The molecule has 1 N–H and O–H groups in total. The highest BCUT2D eigenvalue weighted by molar-refractivity contribution is 6.00. The lowest BCUT2D eigenvalue weighted by Crippen LogP contribution is -2.72. The van der Waals surface area contributed by atoms with Crippen LogP contribution in [0, 0.1) is 0 Å². The largest absolute Gasteiger partial charge is 0.340 e. The standard InChI is InChI=1S/C15H26N2O2/c1-5-14(4,6-2)17-11(3)12(18)16-15(13(17)19)9-7-8-10-15/h11H,5-10H2,1-4H3,(H,16,18). The van der Waals surface area contributed by atoms with Crippen LogP contribution in [0.5, 0.6) is 0 Å². The highest BCUT2D eigenvalue weighted by Gasteiger charge is 2.54. The predicted octanol–water partition coefficient (Wildman–Crippen LogP) is 2.22. The Morgan fingerprint density at radius 1 is 1.26 bits per heavy atom. The van der Waals surface area contributed by atoms with Crippen LogP contribution in [0.1, 0.15) is 66.2 Å². The average molecular weight is 266 g/mol. The lowest BCUT2D eigenvalue weighted by atomic mass is 9.84. The molecule has 1 atom stereocenters. The van der Waals surface area contributed by atoms with Crippen molar-refractivity contribution in [2.45, 2.75) is 83.3 Å². The van der Waals surface area contributed by atoms with E-state index in [1.807, 2.05) is 11.8 Å². The molecule has 1 spiro atoms. The Morgan fingerprint density at radius 2 is 1.79 bits per heavy atom. The van der Waals surface area contributed by atoms with Gasteiger partial charge in [0.15, 0.2) is 0 Å². The molecule has 2 rings (SSSR count). The van der Waals surface area contributed by atoms with Crippen LogP contribution in [-0.4, -0.2) is 33.8 Å². The third-order valence-corrected chi connectivity index (χ3v) is 5.32. The van der Waals surface area contributed by atoms with Crippen molar-refractivity contribution in [2.24, 2.45) is 0 Å². The molecule has 1 saturated heterocycles. The van der Waals surface area contributed by atoms with E-state index in [4.69, 9.17) is 0 Å². The summed E-state index contributed by atoms with van der Waals surface area (Å²) in [4.78, 5) is 27.1. The summed E-state index contributed by atoms with van der Waals surface area (Å²) >= 11 is 0. The molecule has 0 bridgehead atoms. The Kier molecular flexibility index (Phi) is 3.63. The Hall–Kier alpha value is -1.06. The summed E-state index contributed by atoms with van der Waals surface area (Å²) in [6, 6.07) is -0.358. The van der Waals surface area contributed by atoms with Crippen molar-refractivity contribution in [3.8, 4) is 0 Å². The molecule has 0 aromatic carbocycles. The van der Waals surface area contributed by atoms with Crippen molar-refractivity contribution >= 4 is 11.8 Å². The van der Waals surface area contributed by atoms with Gasteiger partial charge in [-0.2, -0.15) is 0 Å². The van der Waals surface area contributed by atoms with Crippen LogP contribution < -0.4 is 5.32 Å². The highest BCUT2D eigenvalue weighted by Crippen LogP contribution is 2.38. The molecule has 2 amide bonds. The van der Waals surface area contributed by atoms with E-state index in [1.165, 1.54) is 0 Å². The first-order valence-corrected chi connectivity index (χ1v) is 7.56. The van der Waals surface area contributed by atoms with Crippen LogP contribution in [-0.2, 0) is 9.59 Å². The molecule has 4 nitrogen and oxygen atoms in total. The first-order valence-electron chi connectivity index (χ1n) is 7.56. The van der Waals surface area contributed by atoms with Crippen molar-refractivity contribution in [3.63, 3.8) is 0 Å². The smallest absolute Gasteiger partial charge is 0.249 e. The fourth-order valence-electron chi connectivity index (χ4n) is 3.54. The van der Waals surface area contributed by atoms with E-state index < -0.39 is 5.54 Å². The topological polar surface area (TPSA) is 49.4 Å². The van der Waals surface area contributed by atoms with Gasteiger partial charge in [-0.15, -0.1) is 0 Å². The predicted molar refractivity (Wildman–Crippen MR) is 74.6 cm³/mol. The Labute approximate surface area is 115 Å². The van der Waals surface area contributed by atoms with E-state index in [0.29, 0.717) is 0 Å². The molecule has 1 unspecified atom stereocenters. The van der Waals surface area contributed by atoms with E-state index in [1.54, 1.807) is 0 Å². The quantitative estimate of drug-likeness (QED) is 0.851. The number of hydrogen-bond donors (Lipinski definition) is 1. The summed E-state index contributed by atoms with van der Waals surface area (Å²) in [6.45, 7) is 8.13. The zero-order valence-corrected chi connectivity index (χ0v) is 12.6. The first kappa shape index (κ1) is 14.4. The van der Waals surface area contributed by atoms with E-state index in [9.17, 15) is 9.59 Å². The summed E-state index contributed by atoms with van der Waals surface area (Å²) in [5.74, 6) is 0.151. The third kappa shape index (κ3) is 2.05. The number of carbonyl (C=O) groups excluding carboxylic acids is 2. The van der Waals surface area contributed by atoms with Crippen molar-refractivity contribution in [3.05, 3.63) is 0 Å². The molecule has 1 saturated carbocycles. The van der Waals surface area contributed by atoms with E-state index in [-0.39, 0.29) is 23.4 Å². The highest BCUT2D eigenvalue weighted by atomic mass is 16.2. The van der Waals surface area contributed by atoms with Gasteiger partial charge >= 0.3 is 0 Å². The van der Waals surface area contributed by atoms with Gasteiger partial charge in [-0.25, -0.2) is 0 Å². The van der Waals surface area contributed by atoms with Crippen LogP contribution in [0.4, 0.5) is 0 Å². The molecule has 108 valence electrons. The SMILES string of the molecule is CCC(C)(CC)N1C(=O)C2(CCCC2)NC(=O)C1C. The summed E-state index contributed by atoms with van der Waals surface area (Å²) < 4.78 is 0. The van der Waals surface area contributed by atoms with E-state index in [2.05, 4.69) is 26.1 Å². The maximum atomic E-state index is 13.0. The third-order valence-electron chi connectivity index (χ3n) is 5.32. The number of hydrogen-bond acceptors (Lipinski definition) is 2. The van der Waals surface area contributed by atoms with Gasteiger partial charge in [-0.1, -0.05) is 26.7 Å². The molecule has 0 radical (unpaired) electrons. The fourth-order valence-corrected chi connectivity index (χ4v) is 3.54. The van der Waals surface area contributed by atoms with Gasteiger partial charge in [-0.3, -0.25) is 9.59 Å². The van der Waals surface area contributed by atoms with E-state index in [0.717, 1.165) is 38.5 Å². The number of amides is 2. The number of nitrogens with zero attached hydrogens (tertiary/aromatic N) is 1. The number of piperazine rings is 1. The Morgan fingerprint density at radius 3 is 2.26 bits per heavy atom. The molecule has 0 aromatic rings. The van der Waals surface area contributed by atoms with E-state index >= 15 is 0 Å². The fraction of sp³-hybridized carbons (Fsp3) is 0.867. The second-order valence-electron chi connectivity index (χ2n) is 6.33. The molecule has 2 aliphatic rings. The van der Waals surface area contributed by atoms with Gasteiger partial charge in [0.25, 0.3) is 0 Å². The van der Waals surface area contributed by atoms with Gasteiger partial charge in [0.1, 0.15) is 11.6 Å². The van der Waals surface area contributed by atoms with Gasteiger partial charge in [0.05, 0.1) is 0 Å². The molecule has 1 aliphatic carbocycles. The molecule has 1 aliphatic heterocycles. The monoisotopic (exact) mass is 266 g/mol. The minimum atomic E-state index is -0.602. The molecule has 4 heteroatoms. The van der Waals surface area contributed by atoms with Gasteiger partial charge < -0.3 is 10.2 Å². The maximum Gasteiger partial charge on any atom is 0.249 e. The lowest BCUT2D eigenvalue weighted by molar-refractivity contribution is -0.162. The summed E-state index contributed by atoms with van der Waals surface area (Å²) in [5.41, 5.74) is -0.820. The Bertz CT molecular complexity index is 382. The molecule has 19 heavy (non-hydrogen) atoms. The van der Waals surface area contributed by atoms with Crippen LogP contribution in [0.25, 0.3) is 0 Å². The zero-order chi connectivity index (χ0) is 14.3. The first-order chi connectivity index (χ1) is 8.90. The van der Waals surface area contributed by atoms with Gasteiger partial charge in [-0.05, 0) is 39.5 Å². The molecular formula is C15H26N2O2. The van der Waals surface area contributed by atoms with Gasteiger partial charge in [0.2, 0.25) is 11.8 Å². The van der Waals surface area contributed by atoms with Crippen molar-refractivity contribution < 1.29 is 9.59 Å². The number of nitrogens with one attached hydrogen (secondary N) is 1. The summed E-state index contributed by atoms with van der Waals surface area (Å²) in [5, 5.41) is 3.01. The van der Waals surface area contributed by atoms with Crippen LogP contribution in [0.15, 0.2) is 0 Å². The lowest BCUT2D eigenvalue weighted by Gasteiger charge is -2.51. The van der Waals surface area contributed by atoms with Crippen molar-refractivity contribution in [1.82, 2.24) is 10.2 Å². The molecule has 2 fully saturated rings. The molecule has 1 heterocycles. The minimum Gasteiger partial charge on any atom is -0.340 e. The number of carbonyl (C=O) groups is 2. The van der Waals surface area contributed by atoms with Crippen molar-refractivity contribution in [2.75, 3.05) is 0 Å². The average Bonchev–Trinajstić information content (AvgIpc) is 2.86. The maximum absolute atomic E-state index is 13.0. The van der Waals surface area contributed by atoms with Crippen LogP contribution in [0.3, 0.4) is 0 Å². The second-order valence-corrected chi connectivity index (χ2v) is 6.33. The minimum absolute atomic E-state index is 0.00891.